The van der Waals surface area contributed by atoms with Crippen LogP contribution in [0.5, 0.6) is 5.75 Å². The Morgan fingerprint density at radius 1 is 0.733 bits per heavy atom. The smallest absolute Gasteiger partial charge is 0.344 e. The van der Waals surface area contributed by atoms with E-state index in [1.807, 2.05) is 0 Å². The summed E-state index contributed by atoms with van der Waals surface area (Å²) in [6.45, 7) is 2.52. The quantitative estimate of drug-likeness (QED) is 0.207. The minimum absolute atomic E-state index is 0.0535. The number of ether oxygens (including phenoxy) is 2. The molecule has 0 spiro atoms. The first-order valence-electron chi connectivity index (χ1n) is 10.9. The number of halogens is 1. The van der Waals surface area contributed by atoms with Crippen LogP contribution in [-0.4, -0.2) is 18.5 Å². The molecule has 2 aromatic carbocycles. The van der Waals surface area contributed by atoms with Gasteiger partial charge in [0, 0.05) is 0 Å². The van der Waals surface area contributed by atoms with Crippen LogP contribution in [0, 0.1) is 5.82 Å². The summed E-state index contributed by atoms with van der Waals surface area (Å²) < 4.78 is 24.2. The van der Waals surface area contributed by atoms with Gasteiger partial charge in [-0.1, -0.05) is 82.6 Å². The van der Waals surface area contributed by atoms with E-state index in [2.05, 4.69) is 6.92 Å². The molecule has 0 saturated carbocycles. The van der Waals surface area contributed by atoms with Crippen molar-refractivity contribution in [3.05, 3.63) is 65.5 Å². The number of rotatable bonds is 13. The van der Waals surface area contributed by atoms with Crippen molar-refractivity contribution in [2.75, 3.05) is 6.61 Å². The molecule has 0 unspecified atom stereocenters. The summed E-state index contributed by atoms with van der Waals surface area (Å²) in [6, 6.07) is 11.9. The summed E-state index contributed by atoms with van der Waals surface area (Å²) in [5.41, 5.74) is 0.174. The third-order valence-corrected chi connectivity index (χ3v) is 4.89. The maximum absolute atomic E-state index is 13.7. The molecule has 2 rings (SSSR count). The topological polar surface area (TPSA) is 52.6 Å². The molecule has 5 heteroatoms. The van der Waals surface area contributed by atoms with Crippen LogP contribution in [0.2, 0.25) is 0 Å². The molecule has 162 valence electrons. The molecular formula is C25H31FO4. The molecule has 30 heavy (non-hydrogen) atoms. The van der Waals surface area contributed by atoms with Gasteiger partial charge in [-0.15, -0.1) is 0 Å². The largest absolute Gasteiger partial charge is 0.462 e. The molecule has 0 aliphatic heterocycles. The number of benzene rings is 2. The third-order valence-electron chi connectivity index (χ3n) is 4.89. The van der Waals surface area contributed by atoms with Gasteiger partial charge in [-0.05, 0) is 30.7 Å². The van der Waals surface area contributed by atoms with E-state index in [0.717, 1.165) is 19.3 Å². The van der Waals surface area contributed by atoms with Crippen molar-refractivity contribution >= 4 is 11.9 Å². The number of esters is 2. The van der Waals surface area contributed by atoms with Crippen molar-refractivity contribution in [3.63, 3.8) is 0 Å². The molecule has 0 radical (unpaired) electrons. The van der Waals surface area contributed by atoms with Crippen molar-refractivity contribution in [2.24, 2.45) is 0 Å². The van der Waals surface area contributed by atoms with E-state index in [1.165, 1.54) is 68.9 Å². The van der Waals surface area contributed by atoms with Gasteiger partial charge in [0.1, 0.15) is 0 Å². The highest BCUT2D eigenvalue weighted by molar-refractivity contribution is 6.03. The zero-order valence-corrected chi connectivity index (χ0v) is 17.7. The fourth-order valence-corrected chi connectivity index (χ4v) is 3.18. The van der Waals surface area contributed by atoms with Gasteiger partial charge in [0.15, 0.2) is 11.6 Å². The molecule has 2 aromatic rings. The van der Waals surface area contributed by atoms with Crippen LogP contribution in [0.15, 0.2) is 48.5 Å². The van der Waals surface area contributed by atoms with Crippen molar-refractivity contribution in [2.45, 2.75) is 64.7 Å². The van der Waals surface area contributed by atoms with Gasteiger partial charge in [-0.2, -0.15) is 0 Å². The van der Waals surface area contributed by atoms with Crippen molar-refractivity contribution in [3.8, 4) is 5.75 Å². The number of para-hydroxylation sites is 1. The minimum atomic E-state index is -0.796. The van der Waals surface area contributed by atoms with Crippen LogP contribution in [0.25, 0.3) is 0 Å². The van der Waals surface area contributed by atoms with Gasteiger partial charge in [0.25, 0.3) is 0 Å². The first kappa shape index (κ1) is 23.6. The number of carbonyl (C=O) groups is 2. The predicted molar refractivity (Wildman–Crippen MR) is 115 cm³/mol. The Morgan fingerprint density at radius 2 is 1.27 bits per heavy atom. The lowest BCUT2D eigenvalue weighted by Crippen LogP contribution is -2.16. The molecule has 0 amide bonds. The highest BCUT2D eigenvalue weighted by Crippen LogP contribution is 2.19. The molecule has 0 fully saturated rings. The van der Waals surface area contributed by atoms with Crippen molar-refractivity contribution < 1.29 is 23.5 Å². The van der Waals surface area contributed by atoms with Gasteiger partial charge >= 0.3 is 11.9 Å². The van der Waals surface area contributed by atoms with E-state index >= 15 is 0 Å². The molecule has 4 nitrogen and oxygen atoms in total. The molecule has 0 bridgehead atoms. The van der Waals surface area contributed by atoms with E-state index in [-0.39, 0.29) is 16.9 Å². The molecule has 0 aliphatic carbocycles. The molecule has 0 saturated heterocycles. The Kier molecular flexibility index (Phi) is 10.6. The second-order valence-electron chi connectivity index (χ2n) is 7.33. The SMILES string of the molecule is CCCCCCCCCCCOC(=O)c1ccccc1C(=O)Oc1ccccc1F. The first-order valence-corrected chi connectivity index (χ1v) is 10.9. The lowest BCUT2D eigenvalue weighted by Gasteiger charge is -2.10. The van der Waals surface area contributed by atoms with Gasteiger partial charge < -0.3 is 9.47 Å². The van der Waals surface area contributed by atoms with E-state index in [9.17, 15) is 14.0 Å². The number of carbonyl (C=O) groups excluding carboxylic acids is 2. The molecule has 0 N–H and O–H groups in total. The molecule has 0 aliphatic rings. The second kappa shape index (κ2) is 13.5. The fraction of sp³-hybridized carbons (Fsp3) is 0.440. The summed E-state index contributed by atoms with van der Waals surface area (Å²) in [6.07, 6.45) is 10.6. The van der Waals surface area contributed by atoms with Crippen LogP contribution in [-0.2, 0) is 4.74 Å². The van der Waals surface area contributed by atoms with E-state index in [1.54, 1.807) is 18.2 Å². The average Bonchev–Trinajstić information content (AvgIpc) is 2.76. The average molecular weight is 415 g/mol. The summed E-state index contributed by atoms with van der Waals surface area (Å²) in [5.74, 6) is -2.19. The number of hydrogen-bond donors (Lipinski definition) is 0. The van der Waals surface area contributed by atoms with Crippen molar-refractivity contribution in [1.82, 2.24) is 0 Å². The maximum Gasteiger partial charge on any atom is 0.344 e. The lowest BCUT2D eigenvalue weighted by molar-refractivity contribution is 0.0489. The molecule has 0 heterocycles. The van der Waals surface area contributed by atoms with Gasteiger partial charge in [0.05, 0.1) is 17.7 Å². The Hall–Kier alpha value is -2.69. The van der Waals surface area contributed by atoms with Gasteiger partial charge in [-0.3, -0.25) is 0 Å². The maximum atomic E-state index is 13.7. The fourth-order valence-electron chi connectivity index (χ4n) is 3.18. The van der Waals surface area contributed by atoms with E-state index in [4.69, 9.17) is 9.47 Å². The normalized spacial score (nSPS) is 10.6. The lowest BCUT2D eigenvalue weighted by atomic mass is 10.1. The van der Waals surface area contributed by atoms with E-state index in [0.29, 0.717) is 6.61 Å². The summed E-state index contributed by atoms with van der Waals surface area (Å²) in [4.78, 5) is 24.9. The van der Waals surface area contributed by atoms with E-state index < -0.39 is 17.8 Å². The Labute approximate surface area is 178 Å². The van der Waals surface area contributed by atoms with Crippen LogP contribution < -0.4 is 4.74 Å². The van der Waals surface area contributed by atoms with Gasteiger partial charge in [0.2, 0.25) is 0 Å². The Balaban J connectivity index is 1.77. The summed E-state index contributed by atoms with van der Waals surface area (Å²) in [5, 5.41) is 0. The summed E-state index contributed by atoms with van der Waals surface area (Å²) in [7, 11) is 0. The predicted octanol–water partition coefficient (Wildman–Crippen LogP) is 6.73. The minimum Gasteiger partial charge on any atom is -0.462 e. The van der Waals surface area contributed by atoms with Crippen LogP contribution in [0.4, 0.5) is 4.39 Å². The number of unbranched alkanes of at least 4 members (excludes halogenated alkanes) is 8. The zero-order valence-electron chi connectivity index (χ0n) is 17.7. The Bertz CT molecular complexity index is 803. The standard InChI is InChI=1S/C25H31FO4/c1-2-3-4-5-6-7-8-9-14-19-29-24(27)20-15-10-11-16-21(20)25(28)30-23-18-13-12-17-22(23)26/h10-13,15-18H,2-9,14,19H2,1H3. The highest BCUT2D eigenvalue weighted by atomic mass is 19.1. The van der Waals surface area contributed by atoms with Crippen LogP contribution in [0.1, 0.15) is 85.4 Å². The first-order chi connectivity index (χ1) is 14.6. The van der Waals surface area contributed by atoms with Gasteiger partial charge in [-0.25, -0.2) is 14.0 Å². The molecule has 0 aromatic heterocycles. The third kappa shape index (κ3) is 7.97. The molecular weight excluding hydrogens is 383 g/mol. The van der Waals surface area contributed by atoms with Crippen LogP contribution in [0.3, 0.4) is 0 Å². The van der Waals surface area contributed by atoms with Crippen molar-refractivity contribution in [1.29, 1.82) is 0 Å². The summed E-state index contributed by atoms with van der Waals surface area (Å²) >= 11 is 0. The number of hydrogen-bond acceptors (Lipinski definition) is 4. The molecule has 0 atom stereocenters. The highest BCUT2D eigenvalue weighted by Gasteiger charge is 2.20. The monoisotopic (exact) mass is 414 g/mol. The Morgan fingerprint density at radius 3 is 1.90 bits per heavy atom. The van der Waals surface area contributed by atoms with Crippen LogP contribution >= 0.6 is 0 Å². The zero-order chi connectivity index (χ0) is 21.6. The second-order valence-corrected chi connectivity index (χ2v) is 7.33.